The second kappa shape index (κ2) is 2.73. The molecule has 1 fully saturated rings. The van der Waals surface area contributed by atoms with E-state index in [0.29, 0.717) is 0 Å². The molecule has 0 heterocycles. The number of carbonyl (C=O) groups is 2. The zero-order valence-corrected chi connectivity index (χ0v) is 6.63. The lowest BCUT2D eigenvalue weighted by atomic mass is 9.75. The molecule has 1 aliphatic carbocycles. The van der Waals surface area contributed by atoms with Crippen molar-refractivity contribution in [3.8, 4) is 0 Å². The predicted molar refractivity (Wildman–Crippen MR) is 38.3 cm³/mol. The number of carboxylic acids is 1. The first kappa shape index (κ1) is 8.96. The molecule has 0 unspecified atom stereocenters. The third-order valence-corrected chi connectivity index (χ3v) is 1.96. The lowest BCUT2D eigenvalue weighted by Gasteiger charge is -2.40. The molecule has 0 aromatic rings. The van der Waals surface area contributed by atoms with E-state index in [-0.39, 0.29) is 12.8 Å². The van der Waals surface area contributed by atoms with Crippen molar-refractivity contribution in [1.29, 1.82) is 0 Å². The maximum Gasteiger partial charge on any atom is 0.329 e. The number of rotatable bonds is 2. The van der Waals surface area contributed by atoms with Crippen LogP contribution in [0.3, 0.4) is 0 Å². The normalized spacial score (nSPS) is 33.7. The van der Waals surface area contributed by atoms with Crippen LogP contribution < -0.4 is 5.32 Å². The van der Waals surface area contributed by atoms with Crippen molar-refractivity contribution < 1.29 is 19.1 Å². The van der Waals surface area contributed by atoms with E-state index in [9.17, 15) is 14.0 Å². The average Bonchev–Trinajstić information content (AvgIpc) is 1.81. The Morgan fingerprint density at radius 3 is 2.33 bits per heavy atom. The number of nitrogens with one attached hydrogen (secondary N) is 1. The lowest BCUT2D eigenvalue weighted by molar-refractivity contribution is -0.154. The number of halogens is 1. The van der Waals surface area contributed by atoms with Crippen molar-refractivity contribution in [2.45, 2.75) is 31.5 Å². The fraction of sp³-hybridized carbons (Fsp3) is 0.714. The third-order valence-electron chi connectivity index (χ3n) is 1.96. The number of amides is 1. The highest BCUT2D eigenvalue weighted by Crippen LogP contribution is 2.34. The second-order valence-corrected chi connectivity index (χ2v) is 3.07. The van der Waals surface area contributed by atoms with Crippen LogP contribution in [0.5, 0.6) is 0 Å². The van der Waals surface area contributed by atoms with E-state index in [2.05, 4.69) is 5.32 Å². The molecule has 1 amide bonds. The quantitative estimate of drug-likeness (QED) is 0.624. The SMILES string of the molecule is CC(=O)NC1(C(=O)O)CC(F)C1. The molecule has 4 nitrogen and oxygen atoms in total. The highest BCUT2D eigenvalue weighted by atomic mass is 19.1. The highest BCUT2D eigenvalue weighted by molar-refractivity contribution is 5.87. The van der Waals surface area contributed by atoms with E-state index in [4.69, 9.17) is 5.11 Å². The Hall–Kier alpha value is -1.13. The smallest absolute Gasteiger partial charge is 0.329 e. The number of carbonyl (C=O) groups excluding carboxylic acids is 1. The first-order valence-electron chi connectivity index (χ1n) is 3.62. The summed E-state index contributed by atoms with van der Waals surface area (Å²) in [6.07, 6.45) is -1.35. The first-order chi connectivity index (χ1) is 5.46. The van der Waals surface area contributed by atoms with Gasteiger partial charge in [-0.05, 0) is 0 Å². The summed E-state index contributed by atoms with van der Waals surface area (Å²) in [7, 11) is 0. The van der Waals surface area contributed by atoms with Gasteiger partial charge in [-0.2, -0.15) is 0 Å². The van der Waals surface area contributed by atoms with Crippen molar-refractivity contribution >= 4 is 11.9 Å². The van der Waals surface area contributed by atoms with Crippen LogP contribution in [0.25, 0.3) is 0 Å². The highest BCUT2D eigenvalue weighted by Gasteiger charge is 2.51. The van der Waals surface area contributed by atoms with Gasteiger partial charge in [0.1, 0.15) is 11.7 Å². The van der Waals surface area contributed by atoms with Gasteiger partial charge in [0, 0.05) is 19.8 Å². The summed E-state index contributed by atoms with van der Waals surface area (Å²) >= 11 is 0. The van der Waals surface area contributed by atoms with Gasteiger partial charge >= 0.3 is 5.97 Å². The van der Waals surface area contributed by atoms with E-state index >= 15 is 0 Å². The van der Waals surface area contributed by atoms with Crippen LogP contribution in [-0.2, 0) is 9.59 Å². The molecule has 0 aromatic heterocycles. The monoisotopic (exact) mass is 175 g/mol. The fourth-order valence-corrected chi connectivity index (χ4v) is 1.36. The Morgan fingerprint density at radius 2 is 2.08 bits per heavy atom. The first-order valence-corrected chi connectivity index (χ1v) is 3.62. The molecule has 0 atom stereocenters. The van der Waals surface area contributed by atoms with Crippen LogP contribution in [-0.4, -0.2) is 28.7 Å². The Labute approximate surface area is 68.8 Å². The Kier molecular flexibility index (Phi) is 2.04. The molecule has 0 spiro atoms. The topological polar surface area (TPSA) is 66.4 Å². The molecule has 0 aliphatic heterocycles. The summed E-state index contributed by atoms with van der Waals surface area (Å²) in [6, 6.07) is 0. The minimum absolute atomic E-state index is 0.123. The molecule has 1 rings (SSSR count). The summed E-state index contributed by atoms with van der Waals surface area (Å²) in [5.74, 6) is -1.60. The second-order valence-electron chi connectivity index (χ2n) is 3.07. The number of alkyl halides is 1. The van der Waals surface area contributed by atoms with Gasteiger partial charge in [0.15, 0.2) is 0 Å². The zero-order valence-electron chi connectivity index (χ0n) is 6.63. The molecular formula is C7H10FNO3. The summed E-state index contributed by atoms with van der Waals surface area (Å²) in [5, 5.41) is 10.9. The van der Waals surface area contributed by atoms with Crippen LogP contribution in [0, 0.1) is 0 Å². The van der Waals surface area contributed by atoms with Crippen molar-refractivity contribution in [3.05, 3.63) is 0 Å². The number of carboxylic acid groups (broad SMARTS) is 1. The van der Waals surface area contributed by atoms with E-state index < -0.39 is 23.6 Å². The van der Waals surface area contributed by atoms with Gasteiger partial charge < -0.3 is 10.4 Å². The molecular weight excluding hydrogens is 165 g/mol. The number of hydrogen-bond donors (Lipinski definition) is 2. The summed E-state index contributed by atoms with van der Waals surface area (Å²) in [6.45, 7) is 1.22. The summed E-state index contributed by atoms with van der Waals surface area (Å²) in [5.41, 5.74) is -1.34. The number of aliphatic carboxylic acids is 1. The molecule has 0 radical (unpaired) electrons. The van der Waals surface area contributed by atoms with E-state index in [1.807, 2.05) is 0 Å². The largest absolute Gasteiger partial charge is 0.480 e. The van der Waals surface area contributed by atoms with Gasteiger partial charge in [0.2, 0.25) is 5.91 Å². The lowest BCUT2D eigenvalue weighted by Crippen LogP contribution is -2.62. The Morgan fingerprint density at radius 1 is 1.58 bits per heavy atom. The Balaban J connectivity index is 2.63. The third kappa shape index (κ3) is 1.39. The van der Waals surface area contributed by atoms with Crippen molar-refractivity contribution in [2.24, 2.45) is 0 Å². The van der Waals surface area contributed by atoms with Crippen LogP contribution in [0.1, 0.15) is 19.8 Å². The molecule has 1 saturated carbocycles. The molecule has 0 saturated heterocycles. The van der Waals surface area contributed by atoms with Gasteiger partial charge in [0.05, 0.1) is 0 Å². The number of hydrogen-bond acceptors (Lipinski definition) is 2. The maximum atomic E-state index is 12.4. The van der Waals surface area contributed by atoms with Crippen molar-refractivity contribution in [3.63, 3.8) is 0 Å². The Bertz CT molecular complexity index is 223. The molecule has 1 aliphatic rings. The standard InChI is InChI=1S/C7H10FNO3/c1-4(10)9-7(6(11)12)2-5(8)3-7/h5H,2-3H2,1H3,(H,9,10)(H,11,12). The summed E-state index contributed by atoms with van der Waals surface area (Å²) < 4.78 is 12.4. The molecule has 0 bridgehead atoms. The van der Waals surface area contributed by atoms with Gasteiger partial charge in [-0.1, -0.05) is 0 Å². The maximum absolute atomic E-state index is 12.4. The van der Waals surface area contributed by atoms with Crippen molar-refractivity contribution in [1.82, 2.24) is 5.32 Å². The predicted octanol–water partition coefficient (Wildman–Crippen LogP) is 0.0778. The van der Waals surface area contributed by atoms with Gasteiger partial charge in [-0.15, -0.1) is 0 Å². The molecule has 68 valence electrons. The minimum atomic E-state index is -1.34. The van der Waals surface area contributed by atoms with Crippen molar-refractivity contribution in [2.75, 3.05) is 0 Å². The van der Waals surface area contributed by atoms with Gasteiger partial charge in [-0.3, -0.25) is 4.79 Å². The van der Waals surface area contributed by atoms with E-state index in [1.165, 1.54) is 6.92 Å². The van der Waals surface area contributed by atoms with Gasteiger partial charge in [0.25, 0.3) is 0 Å². The fourth-order valence-electron chi connectivity index (χ4n) is 1.36. The molecule has 12 heavy (non-hydrogen) atoms. The minimum Gasteiger partial charge on any atom is -0.480 e. The van der Waals surface area contributed by atoms with Crippen LogP contribution in [0.4, 0.5) is 4.39 Å². The molecule has 0 aromatic carbocycles. The van der Waals surface area contributed by atoms with Crippen LogP contribution >= 0.6 is 0 Å². The molecule has 2 N–H and O–H groups in total. The summed E-state index contributed by atoms with van der Waals surface area (Å²) in [4.78, 5) is 21.2. The van der Waals surface area contributed by atoms with Crippen LogP contribution in [0.15, 0.2) is 0 Å². The van der Waals surface area contributed by atoms with E-state index in [0.717, 1.165) is 0 Å². The zero-order chi connectivity index (χ0) is 9.35. The van der Waals surface area contributed by atoms with E-state index in [1.54, 1.807) is 0 Å². The van der Waals surface area contributed by atoms with Gasteiger partial charge in [-0.25, -0.2) is 9.18 Å². The molecule has 5 heteroatoms. The average molecular weight is 175 g/mol. The van der Waals surface area contributed by atoms with Crippen LogP contribution in [0.2, 0.25) is 0 Å².